The zero-order chi connectivity index (χ0) is 27.5. The van der Waals surface area contributed by atoms with Crippen LogP contribution in [0.25, 0.3) is 21.7 Å². The number of nitrogen functional groups attached to an aromatic ring is 1. The lowest BCUT2D eigenvalue weighted by molar-refractivity contribution is 0.0461. The van der Waals surface area contributed by atoms with Gasteiger partial charge in [0.15, 0.2) is 0 Å². The van der Waals surface area contributed by atoms with E-state index in [-0.39, 0.29) is 18.5 Å². The number of aromatic nitrogens is 3. The molecule has 0 bridgehead atoms. The second kappa shape index (κ2) is 10.7. The van der Waals surface area contributed by atoms with E-state index < -0.39 is 5.97 Å². The van der Waals surface area contributed by atoms with Gasteiger partial charge in [0, 0.05) is 35.4 Å². The van der Waals surface area contributed by atoms with Crippen molar-refractivity contribution in [1.82, 2.24) is 14.5 Å². The first-order valence-corrected chi connectivity index (χ1v) is 12.7. The molecule has 2 heterocycles. The first-order valence-electron chi connectivity index (χ1n) is 12.7. The van der Waals surface area contributed by atoms with E-state index >= 15 is 0 Å². The van der Waals surface area contributed by atoms with Crippen molar-refractivity contribution in [3.8, 4) is 11.8 Å². The van der Waals surface area contributed by atoms with Crippen LogP contribution in [-0.2, 0) is 17.9 Å². The standard InChI is InChI=1S/C32H25N5O3/c33-30(34)24-12-11-23-17-29(31(38)39-20-21-7-2-1-3-8-21)37(28(23)18-24)19-25-16-26(40-32-35-13-6-14-36-32)15-22-9-4-5-10-27(22)25/h1-18H,19-20H2,(H3,33,34). The molecule has 0 spiro atoms. The predicted octanol–water partition coefficient (Wildman–Crippen LogP) is 6.07. The van der Waals surface area contributed by atoms with Crippen LogP contribution in [-0.4, -0.2) is 26.3 Å². The molecule has 0 atom stereocenters. The van der Waals surface area contributed by atoms with Crippen LogP contribution in [0, 0.1) is 5.41 Å². The molecule has 2 aromatic heterocycles. The molecule has 0 aliphatic heterocycles. The Labute approximate surface area is 230 Å². The van der Waals surface area contributed by atoms with Gasteiger partial charge in [-0.15, -0.1) is 0 Å². The fourth-order valence-corrected chi connectivity index (χ4v) is 4.72. The average molecular weight is 528 g/mol. The summed E-state index contributed by atoms with van der Waals surface area (Å²) in [6.45, 7) is 0.497. The Kier molecular flexibility index (Phi) is 6.64. The molecule has 3 N–H and O–H groups in total. The smallest absolute Gasteiger partial charge is 0.355 e. The van der Waals surface area contributed by atoms with Crippen LogP contribution < -0.4 is 10.5 Å². The van der Waals surface area contributed by atoms with Gasteiger partial charge in [0.25, 0.3) is 0 Å². The van der Waals surface area contributed by atoms with Gasteiger partial charge in [0.05, 0.1) is 0 Å². The van der Waals surface area contributed by atoms with Gasteiger partial charge in [0.2, 0.25) is 0 Å². The number of nitrogens with two attached hydrogens (primary N) is 1. The van der Waals surface area contributed by atoms with E-state index in [4.69, 9.17) is 20.6 Å². The van der Waals surface area contributed by atoms with Crippen LogP contribution >= 0.6 is 0 Å². The summed E-state index contributed by atoms with van der Waals surface area (Å²) in [5, 5.41) is 10.8. The molecule has 0 saturated heterocycles. The van der Waals surface area contributed by atoms with Crippen molar-refractivity contribution in [2.75, 3.05) is 0 Å². The SMILES string of the molecule is N=C(N)c1ccc2cc(C(=O)OCc3ccccc3)n(Cc3cc(Oc4ncccn4)cc4ccccc34)c2c1. The zero-order valence-electron chi connectivity index (χ0n) is 21.5. The summed E-state index contributed by atoms with van der Waals surface area (Å²) in [7, 11) is 0. The highest BCUT2D eigenvalue weighted by Crippen LogP contribution is 2.31. The summed E-state index contributed by atoms with van der Waals surface area (Å²) in [5.41, 5.74) is 9.36. The molecule has 0 amide bonds. The van der Waals surface area contributed by atoms with Crippen LogP contribution in [0.1, 0.15) is 27.2 Å². The van der Waals surface area contributed by atoms with E-state index in [1.807, 2.05) is 89.5 Å². The monoisotopic (exact) mass is 527 g/mol. The van der Waals surface area contributed by atoms with E-state index in [2.05, 4.69) is 9.97 Å². The van der Waals surface area contributed by atoms with Crippen molar-refractivity contribution < 1.29 is 14.3 Å². The Bertz CT molecular complexity index is 1850. The number of rotatable bonds is 8. The molecule has 196 valence electrons. The maximum Gasteiger partial charge on any atom is 0.355 e. The summed E-state index contributed by atoms with van der Waals surface area (Å²) in [5.74, 6) is 0.0828. The lowest BCUT2D eigenvalue weighted by Crippen LogP contribution is -2.14. The molecular formula is C32H25N5O3. The van der Waals surface area contributed by atoms with Gasteiger partial charge in [-0.3, -0.25) is 5.41 Å². The Hall–Kier alpha value is -5.50. The number of hydrogen-bond donors (Lipinski definition) is 2. The lowest BCUT2D eigenvalue weighted by Gasteiger charge is -2.15. The minimum atomic E-state index is -0.446. The number of amidine groups is 1. The van der Waals surface area contributed by atoms with Crippen molar-refractivity contribution in [2.24, 2.45) is 5.73 Å². The fourth-order valence-electron chi connectivity index (χ4n) is 4.72. The molecule has 40 heavy (non-hydrogen) atoms. The summed E-state index contributed by atoms with van der Waals surface area (Å²) in [4.78, 5) is 21.8. The van der Waals surface area contributed by atoms with E-state index in [1.165, 1.54) is 0 Å². The van der Waals surface area contributed by atoms with Crippen molar-refractivity contribution >= 4 is 33.5 Å². The molecule has 6 aromatic rings. The summed E-state index contributed by atoms with van der Waals surface area (Å²) in [6, 6.07) is 30.6. The number of ether oxygens (including phenoxy) is 2. The Balaban J connectivity index is 1.44. The number of carbonyl (C=O) groups excluding carboxylic acids is 1. The van der Waals surface area contributed by atoms with Crippen LogP contribution in [0.2, 0.25) is 0 Å². The number of carbonyl (C=O) groups is 1. The first-order chi connectivity index (χ1) is 19.5. The predicted molar refractivity (Wildman–Crippen MR) is 154 cm³/mol. The normalized spacial score (nSPS) is 11.0. The van der Waals surface area contributed by atoms with Gasteiger partial charge in [0.1, 0.15) is 23.9 Å². The van der Waals surface area contributed by atoms with E-state index in [0.29, 0.717) is 23.6 Å². The Morgan fingerprint density at radius 2 is 1.62 bits per heavy atom. The molecule has 0 unspecified atom stereocenters. The highest BCUT2D eigenvalue weighted by atomic mass is 16.5. The number of hydrogen-bond acceptors (Lipinski definition) is 6. The molecule has 8 nitrogen and oxygen atoms in total. The topological polar surface area (TPSA) is 116 Å². The molecule has 4 aromatic carbocycles. The fraction of sp³-hybridized carbons (Fsp3) is 0.0625. The van der Waals surface area contributed by atoms with Crippen molar-refractivity contribution in [1.29, 1.82) is 5.41 Å². The summed E-state index contributed by atoms with van der Waals surface area (Å²) >= 11 is 0. The second-order valence-electron chi connectivity index (χ2n) is 9.30. The third-order valence-corrected chi connectivity index (χ3v) is 6.64. The van der Waals surface area contributed by atoms with E-state index in [9.17, 15) is 4.79 Å². The van der Waals surface area contributed by atoms with Gasteiger partial charge >= 0.3 is 12.0 Å². The molecule has 0 aliphatic rings. The first kappa shape index (κ1) is 24.8. The molecule has 0 aliphatic carbocycles. The summed E-state index contributed by atoms with van der Waals surface area (Å²) in [6.07, 6.45) is 3.24. The zero-order valence-corrected chi connectivity index (χ0v) is 21.5. The minimum absolute atomic E-state index is 0.0495. The van der Waals surface area contributed by atoms with Crippen molar-refractivity contribution in [3.05, 3.63) is 132 Å². The number of benzene rings is 4. The molecule has 0 fully saturated rings. The third kappa shape index (κ3) is 5.10. The van der Waals surface area contributed by atoms with Crippen LogP contribution in [0.15, 0.2) is 109 Å². The maximum absolute atomic E-state index is 13.4. The largest absolute Gasteiger partial charge is 0.456 e. The lowest BCUT2D eigenvalue weighted by atomic mass is 10.0. The highest BCUT2D eigenvalue weighted by molar-refractivity contribution is 6.01. The molecule has 6 rings (SSSR count). The average Bonchev–Trinajstić information content (AvgIpc) is 3.34. The summed E-state index contributed by atoms with van der Waals surface area (Å²) < 4.78 is 13.6. The molecular weight excluding hydrogens is 502 g/mol. The van der Waals surface area contributed by atoms with Crippen molar-refractivity contribution in [2.45, 2.75) is 13.2 Å². The number of nitrogens with one attached hydrogen (secondary N) is 1. The quantitative estimate of drug-likeness (QED) is 0.141. The molecule has 8 heteroatoms. The third-order valence-electron chi connectivity index (χ3n) is 6.64. The molecule has 0 radical (unpaired) electrons. The van der Waals surface area contributed by atoms with Gasteiger partial charge in [-0.2, -0.15) is 0 Å². The number of fused-ring (bicyclic) bond motifs is 2. The van der Waals surface area contributed by atoms with Crippen LogP contribution in [0.5, 0.6) is 11.8 Å². The van der Waals surface area contributed by atoms with E-state index in [1.54, 1.807) is 24.5 Å². The maximum atomic E-state index is 13.4. The van der Waals surface area contributed by atoms with Crippen LogP contribution in [0.3, 0.4) is 0 Å². The number of nitrogens with zero attached hydrogens (tertiary/aromatic N) is 3. The second-order valence-corrected chi connectivity index (χ2v) is 9.30. The Morgan fingerprint density at radius 3 is 2.42 bits per heavy atom. The molecule has 0 saturated carbocycles. The van der Waals surface area contributed by atoms with Gasteiger partial charge < -0.3 is 19.8 Å². The van der Waals surface area contributed by atoms with Crippen molar-refractivity contribution in [3.63, 3.8) is 0 Å². The highest BCUT2D eigenvalue weighted by Gasteiger charge is 2.20. The van der Waals surface area contributed by atoms with Gasteiger partial charge in [-0.05, 0) is 52.2 Å². The van der Waals surface area contributed by atoms with Gasteiger partial charge in [-0.1, -0.05) is 66.7 Å². The van der Waals surface area contributed by atoms with Gasteiger partial charge in [-0.25, -0.2) is 14.8 Å². The minimum Gasteiger partial charge on any atom is -0.456 e. The van der Waals surface area contributed by atoms with Crippen LogP contribution in [0.4, 0.5) is 0 Å². The number of esters is 1. The van der Waals surface area contributed by atoms with E-state index in [0.717, 1.165) is 32.8 Å². The Morgan fingerprint density at radius 1 is 0.850 bits per heavy atom.